The molecule has 0 radical (unpaired) electrons. The van der Waals surface area contributed by atoms with Crippen LogP contribution in [0.1, 0.15) is 25.8 Å². The predicted molar refractivity (Wildman–Crippen MR) is 105 cm³/mol. The second-order valence-electron chi connectivity index (χ2n) is 6.95. The first-order chi connectivity index (χ1) is 12.6. The molecule has 26 heavy (non-hydrogen) atoms. The summed E-state index contributed by atoms with van der Waals surface area (Å²) in [5.74, 6) is 2.09. The largest absolute Gasteiger partial charge is 0.481 e. The number of methoxy groups -OCH3 is 1. The molecule has 7 heteroatoms. The highest BCUT2D eigenvalue weighted by Gasteiger charge is 2.22. The summed E-state index contributed by atoms with van der Waals surface area (Å²) >= 11 is 0. The van der Waals surface area contributed by atoms with Gasteiger partial charge in [0.25, 0.3) is 0 Å². The van der Waals surface area contributed by atoms with Crippen LogP contribution in [0, 0.1) is 5.92 Å². The molecule has 1 aromatic heterocycles. The Bertz CT molecular complexity index is 541. The van der Waals surface area contributed by atoms with Gasteiger partial charge in [-0.1, -0.05) is 19.9 Å². The highest BCUT2D eigenvalue weighted by Crippen LogP contribution is 2.13. The number of aromatic nitrogens is 1. The number of guanidine groups is 1. The molecule has 146 valence electrons. The van der Waals surface area contributed by atoms with Gasteiger partial charge in [-0.3, -0.25) is 9.89 Å². The number of ether oxygens (including phenoxy) is 2. The third-order valence-corrected chi connectivity index (χ3v) is 4.50. The summed E-state index contributed by atoms with van der Waals surface area (Å²) in [6, 6.07) is 4.35. The van der Waals surface area contributed by atoms with E-state index in [9.17, 15) is 0 Å². The van der Waals surface area contributed by atoms with Crippen molar-refractivity contribution in [2.45, 2.75) is 32.9 Å². The number of rotatable bonds is 8. The number of morpholine rings is 1. The lowest BCUT2D eigenvalue weighted by Gasteiger charge is -2.35. The topological polar surface area (TPSA) is 71.0 Å². The van der Waals surface area contributed by atoms with Gasteiger partial charge in [-0.05, 0) is 17.9 Å². The van der Waals surface area contributed by atoms with E-state index >= 15 is 0 Å². The zero-order valence-corrected chi connectivity index (χ0v) is 16.5. The van der Waals surface area contributed by atoms with E-state index in [0.29, 0.717) is 24.4 Å². The summed E-state index contributed by atoms with van der Waals surface area (Å²) in [5, 5.41) is 6.83. The second-order valence-corrected chi connectivity index (χ2v) is 6.95. The Morgan fingerprint density at radius 3 is 2.65 bits per heavy atom. The van der Waals surface area contributed by atoms with Gasteiger partial charge in [-0.25, -0.2) is 4.98 Å². The molecule has 0 bridgehead atoms. The van der Waals surface area contributed by atoms with Crippen molar-refractivity contribution in [3.05, 3.63) is 23.9 Å². The molecule has 1 aromatic rings. The molecule has 2 N–H and O–H groups in total. The molecular weight excluding hydrogens is 330 g/mol. The van der Waals surface area contributed by atoms with Gasteiger partial charge < -0.3 is 20.1 Å². The molecule has 1 atom stereocenters. The number of pyridine rings is 1. The van der Waals surface area contributed by atoms with Crippen molar-refractivity contribution in [1.29, 1.82) is 0 Å². The van der Waals surface area contributed by atoms with Crippen molar-refractivity contribution in [3.8, 4) is 5.88 Å². The third-order valence-electron chi connectivity index (χ3n) is 4.50. The molecule has 2 heterocycles. The molecule has 1 aliphatic heterocycles. The van der Waals surface area contributed by atoms with Crippen molar-refractivity contribution in [1.82, 2.24) is 20.5 Å². The Labute approximate surface area is 157 Å². The number of hydrogen-bond donors (Lipinski definition) is 2. The standard InChI is InChI=1S/C19H33N5O2/c1-15(2)11-17(24-7-9-26-10-8-24)14-23-19(20-3)22-13-16-5-6-18(25-4)21-12-16/h5-6,12,15,17H,7-11,13-14H2,1-4H3,(H2,20,22,23). The van der Waals surface area contributed by atoms with Crippen molar-refractivity contribution in [3.63, 3.8) is 0 Å². The van der Waals surface area contributed by atoms with Crippen LogP contribution in [0.25, 0.3) is 0 Å². The Morgan fingerprint density at radius 1 is 1.31 bits per heavy atom. The van der Waals surface area contributed by atoms with Crippen LogP contribution in [0.3, 0.4) is 0 Å². The molecule has 2 rings (SSSR count). The van der Waals surface area contributed by atoms with Gasteiger partial charge in [0.2, 0.25) is 5.88 Å². The minimum atomic E-state index is 0.486. The summed E-state index contributed by atoms with van der Waals surface area (Å²) in [5.41, 5.74) is 1.08. The van der Waals surface area contributed by atoms with Crippen LogP contribution in [0.4, 0.5) is 0 Å². The maximum absolute atomic E-state index is 5.49. The molecule has 0 aliphatic carbocycles. The number of nitrogens with zero attached hydrogens (tertiary/aromatic N) is 3. The SMILES string of the molecule is CN=C(NCc1ccc(OC)nc1)NCC(CC(C)C)N1CCOCC1. The van der Waals surface area contributed by atoms with E-state index in [1.807, 2.05) is 18.3 Å². The van der Waals surface area contributed by atoms with Crippen molar-refractivity contribution >= 4 is 5.96 Å². The maximum atomic E-state index is 5.49. The first-order valence-corrected chi connectivity index (χ1v) is 9.37. The maximum Gasteiger partial charge on any atom is 0.212 e. The van der Waals surface area contributed by atoms with Gasteiger partial charge in [-0.2, -0.15) is 0 Å². The van der Waals surface area contributed by atoms with Gasteiger partial charge in [-0.15, -0.1) is 0 Å². The molecule has 1 aliphatic rings. The molecule has 0 amide bonds. The van der Waals surface area contributed by atoms with E-state index in [2.05, 4.69) is 39.4 Å². The average Bonchev–Trinajstić information content (AvgIpc) is 2.68. The molecule has 1 unspecified atom stereocenters. The first kappa shape index (κ1) is 20.5. The van der Waals surface area contributed by atoms with Crippen LogP contribution in [-0.2, 0) is 11.3 Å². The van der Waals surface area contributed by atoms with E-state index in [1.165, 1.54) is 0 Å². The highest BCUT2D eigenvalue weighted by atomic mass is 16.5. The van der Waals surface area contributed by atoms with E-state index in [4.69, 9.17) is 9.47 Å². The van der Waals surface area contributed by atoms with Crippen LogP contribution >= 0.6 is 0 Å². The van der Waals surface area contributed by atoms with Gasteiger partial charge in [0.1, 0.15) is 0 Å². The van der Waals surface area contributed by atoms with Gasteiger partial charge in [0.05, 0.1) is 20.3 Å². The lowest BCUT2D eigenvalue weighted by molar-refractivity contribution is 0.0132. The molecular formula is C19H33N5O2. The molecule has 0 spiro atoms. The van der Waals surface area contributed by atoms with Crippen molar-refractivity contribution in [2.75, 3.05) is 47.0 Å². The van der Waals surface area contributed by atoms with E-state index in [0.717, 1.165) is 50.8 Å². The van der Waals surface area contributed by atoms with Crippen LogP contribution in [0.5, 0.6) is 5.88 Å². The van der Waals surface area contributed by atoms with Crippen molar-refractivity contribution < 1.29 is 9.47 Å². The number of hydrogen-bond acceptors (Lipinski definition) is 5. The minimum Gasteiger partial charge on any atom is -0.481 e. The predicted octanol–water partition coefficient (Wildman–Crippen LogP) is 1.50. The van der Waals surface area contributed by atoms with Crippen LogP contribution < -0.4 is 15.4 Å². The summed E-state index contributed by atoms with van der Waals surface area (Å²) in [6.07, 6.45) is 2.97. The molecule has 7 nitrogen and oxygen atoms in total. The fourth-order valence-corrected chi connectivity index (χ4v) is 3.11. The van der Waals surface area contributed by atoms with Crippen LogP contribution in [0.15, 0.2) is 23.3 Å². The quantitative estimate of drug-likeness (QED) is 0.539. The van der Waals surface area contributed by atoms with Crippen LogP contribution in [-0.4, -0.2) is 68.9 Å². The van der Waals surface area contributed by atoms with Crippen molar-refractivity contribution in [2.24, 2.45) is 10.9 Å². The highest BCUT2D eigenvalue weighted by molar-refractivity contribution is 5.79. The number of aliphatic imine (C=N–C) groups is 1. The molecule has 0 saturated carbocycles. The molecule has 0 aromatic carbocycles. The lowest BCUT2D eigenvalue weighted by Crippen LogP contribution is -2.50. The average molecular weight is 364 g/mol. The van der Waals surface area contributed by atoms with E-state index in [1.54, 1.807) is 14.2 Å². The normalized spacial score (nSPS) is 17.2. The van der Waals surface area contributed by atoms with Gasteiger partial charge in [0, 0.05) is 51.5 Å². The smallest absolute Gasteiger partial charge is 0.212 e. The van der Waals surface area contributed by atoms with Crippen LogP contribution in [0.2, 0.25) is 0 Å². The lowest BCUT2D eigenvalue weighted by atomic mass is 10.0. The monoisotopic (exact) mass is 363 g/mol. The Hall–Kier alpha value is -1.86. The minimum absolute atomic E-state index is 0.486. The third kappa shape index (κ3) is 6.80. The Balaban J connectivity index is 1.84. The van der Waals surface area contributed by atoms with Gasteiger partial charge >= 0.3 is 0 Å². The second kappa shape index (κ2) is 11.0. The fourth-order valence-electron chi connectivity index (χ4n) is 3.11. The summed E-state index contributed by atoms with van der Waals surface area (Å²) in [4.78, 5) is 11.1. The van der Waals surface area contributed by atoms with Gasteiger partial charge in [0.15, 0.2) is 5.96 Å². The zero-order valence-electron chi connectivity index (χ0n) is 16.5. The fraction of sp³-hybridized carbons (Fsp3) is 0.684. The number of nitrogens with one attached hydrogen (secondary N) is 2. The van der Waals surface area contributed by atoms with E-state index in [-0.39, 0.29) is 0 Å². The summed E-state index contributed by atoms with van der Waals surface area (Å²) in [6.45, 7) is 9.75. The Morgan fingerprint density at radius 2 is 2.08 bits per heavy atom. The first-order valence-electron chi connectivity index (χ1n) is 9.37. The summed E-state index contributed by atoms with van der Waals surface area (Å²) in [7, 11) is 3.42. The molecule has 1 saturated heterocycles. The molecule has 1 fully saturated rings. The van der Waals surface area contributed by atoms with E-state index < -0.39 is 0 Å². The Kier molecular flexibility index (Phi) is 8.64. The zero-order chi connectivity index (χ0) is 18.8. The summed E-state index contributed by atoms with van der Waals surface area (Å²) < 4.78 is 10.6.